The van der Waals surface area contributed by atoms with E-state index in [2.05, 4.69) is 6.92 Å². The minimum Gasteiger partial charge on any atom is -0.435 e. The van der Waals surface area contributed by atoms with Crippen molar-refractivity contribution in [1.29, 1.82) is 0 Å². The molecule has 0 saturated carbocycles. The number of nitrogens with zero attached hydrogens (tertiary/aromatic N) is 2. The smallest absolute Gasteiger partial charge is 0.332 e. The number of aldehydes is 1. The van der Waals surface area contributed by atoms with Crippen LogP contribution in [0.1, 0.15) is 76.2 Å². The molecule has 5 atom stereocenters. The first-order valence-electron chi connectivity index (χ1n) is 12.9. The van der Waals surface area contributed by atoms with Gasteiger partial charge in [-0.2, -0.15) is 0 Å². The van der Waals surface area contributed by atoms with E-state index in [1.165, 1.54) is 28.1 Å². The number of ether oxygens (including phenoxy) is 4. The van der Waals surface area contributed by atoms with Crippen LogP contribution < -0.4 is 0 Å². The van der Waals surface area contributed by atoms with Gasteiger partial charge in [0.05, 0.1) is 10.2 Å². The van der Waals surface area contributed by atoms with Crippen molar-refractivity contribution in [3.05, 3.63) is 0 Å². The highest BCUT2D eigenvalue weighted by molar-refractivity contribution is 8.01. The molecule has 5 unspecified atom stereocenters. The molecule has 0 N–H and O–H groups in total. The van der Waals surface area contributed by atoms with Crippen molar-refractivity contribution in [3.63, 3.8) is 0 Å². The Morgan fingerprint density at radius 3 is 1.63 bits per heavy atom. The van der Waals surface area contributed by atoms with Gasteiger partial charge in [-0.15, -0.1) is 23.5 Å². The number of thioether (sulfide) groups is 2. The minimum atomic E-state index is -0.593. The Morgan fingerprint density at radius 1 is 0.921 bits per heavy atom. The maximum atomic E-state index is 11.9. The second-order valence-corrected chi connectivity index (χ2v) is 11.0. The third-order valence-corrected chi connectivity index (χ3v) is 7.87. The lowest BCUT2D eigenvalue weighted by atomic mass is 10.2. The van der Waals surface area contributed by atoms with Gasteiger partial charge in [0, 0.05) is 32.6 Å². The lowest BCUT2D eigenvalue weighted by Gasteiger charge is -2.33. The standard InChI is InChI=1S/C11H19NO4S.C9H17NO3S.C2H4O.2C2H6/c1-7(13)12-9(6-17-11(12,3)4)10(14)16-8(2)15-5;1-6-10(3)8(5-14-6)9(11)13-7(2)12-4;1-2-3;2*1-2/h8-9H,6H2,1-5H3;6-8H,5H2,1-4H3;2H,1H3;2*1-2H3. The average molecular weight is 585 g/mol. The molecule has 2 fully saturated rings. The zero-order chi connectivity index (χ0) is 30.6. The molecule has 2 aliphatic heterocycles. The summed E-state index contributed by atoms with van der Waals surface area (Å²) >= 11 is 3.33. The maximum Gasteiger partial charge on any atom is 0.332 e. The molecule has 0 aromatic carbocycles. The topological polar surface area (TPSA) is 112 Å². The highest BCUT2D eigenvalue weighted by atomic mass is 32.2. The summed E-state index contributed by atoms with van der Waals surface area (Å²) < 4.78 is 19.9. The number of carbonyl (C=O) groups excluding carboxylic acids is 4. The zero-order valence-electron chi connectivity index (χ0n) is 25.9. The molecule has 0 bridgehead atoms. The van der Waals surface area contributed by atoms with Crippen LogP contribution in [0.15, 0.2) is 0 Å². The Bertz CT molecular complexity index is 682. The molecule has 38 heavy (non-hydrogen) atoms. The SMILES string of the molecule is CC.CC.CC=O.COC(C)OC(=O)C1CSC(C)(C)N1C(C)=O.COC(C)OC(=O)C1CSC(C)N1C. The van der Waals surface area contributed by atoms with Crippen molar-refractivity contribution in [1.82, 2.24) is 9.80 Å². The Morgan fingerprint density at radius 2 is 1.32 bits per heavy atom. The third-order valence-electron chi connectivity index (χ3n) is 5.16. The van der Waals surface area contributed by atoms with E-state index >= 15 is 0 Å². The first-order valence-corrected chi connectivity index (χ1v) is 14.9. The number of hydrogen-bond donors (Lipinski definition) is 0. The summed E-state index contributed by atoms with van der Waals surface area (Å²) in [4.78, 5) is 47.2. The first kappa shape index (κ1) is 41.1. The van der Waals surface area contributed by atoms with Gasteiger partial charge in [0.2, 0.25) is 5.91 Å². The first-order chi connectivity index (χ1) is 17.8. The van der Waals surface area contributed by atoms with E-state index in [9.17, 15) is 14.4 Å². The highest BCUT2D eigenvalue weighted by Crippen LogP contribution is 2.39. The molecule has 2 rings (SSSR count). The lowest BCUT2D eigenvalue weighted by Crippen LogP contribution is -2.49. The van der Waals surface area contributed by atoms with Crippen LogP contribution in [-0.2, 0) is 38.1 Å². The normalized spacial score (nSPS) is 22.8. The van der Waals surface area contributed by atoms with Crippen molar-refractivity contribution in [2.45, 2.75) is 111 Å². The van der Waals surface area contributed by atoms with E-state index in [0.29, 0.717) is 11.1 Å². The number of esters is 2. The molecule has 0 radical (unpaired) electrons. The summed E-state index contributed by atoms with van der Waals surface area (Å²) in [5, 5.41) is 0.380. The molecular formula is C26H52N2O8S2. The van der Waals surface area contributed by atoms with Crippen molar-refractivity contribution in [2.75, 3.05) is 32.8 Å². The van der Waals surface area contributed by atoms with Gasteiger partial charge in [0.25, 0.3) is 0 Å². The van der Waals surface area contributed by atoms with Gasteiger partial charge in [-0.1, -0.05) is 27.7 Å². The van der Waals surface area contributed by atoms with E-state index in [1.807, 2.05) is 53.5 Å². The molecular weight excluding hydrogens is 532 g/mol. The quantitative estimate of drug-likeness (QED) is 0.252. The van der Waals surface area contributed by atoms with E-state index in [-0.39, 0.29) is 22.8 Å². The second-order valence-electron chi connectivity index (χ2n) is 7.99. The van der Waals surface area contributed by atoms with Crippen LogP contribution in [0.3, 0.4) is 0 Å². The predicted octanol–water partition coefficient (Wildman–Crippen LogP) is 4.39. The lowest BCUT2D eigenvalue weighted by molar-refractivity contribution is -0.177. The van der Waals surface area contributed by atoms with Crippen molar-refractivity contribution >= 4 is 47.7 Å². The Hall–Kier alpha value is -1.34. The van der Waals surface area contributed by atoms with Gasteiger partial charge in [-0.05, 0) is 48.6 Å². The Balaban J connectivity index is -0.000000527. The van der Waals surface area contributed by atoms with Crippen LogP contribution in [0.25, 0.3) is 0 Å². The molecule has 0 aliphatic carbocycles. The molecule has 10 nitrogen and oxygen atoms in total. The summed E-state index contributed by atoms with van der Waals surface area (Å²) in [6.07, 6.45) is -0.304. The number of rotatable bonds is 6. The van der Waals surface area contributed by atoms with Crippen LogP contribution in [0, 0.1) is 0 Å². The fourth-order valence-electron chi connectivity index (χ4n) is 3.11. The molecule has 12 heteroatoms. The highest BCUT2D eigenvalue weighted by Gasteiger charge is 2.46. The molecule has 2 saturated heterocycles. The molecule has 2 heterocycles. The fourth-order valence-corrected chi connectivity index (χ4v) is 5.57. The summed E-state index contributed by atoms with van der Waals surface area (Å²) in [6.45, 7) is 20.2. The zero-order valence-corrected chi connectivity index (χ0v) is 27.5. The second kappa shape index (κ2) is 22.5. The largest absolute Gasteiger partial charge is 0.435 e. The predicted molar refractivity (Wildman–Crippen MR) is 156 cm³/mol. The Labute approximate surface area is 239 Å². The van der Waals surface area contributed by atoms with Crippen molar-refractivity contribution in [3.8, 4) is 0 Å². The molecule has 0 aromatic rings. The summed E-state index contributed by atoms with van der Waals surface area (Å²) in [5.41, 5.74) is 0. The van der Waals surface area contributed by atoms with Crippen molar-refractivity contribution in [2.24, 2.45) is 0 Å². The van der Waals surface area contributed by atoms with E-state index < -0.39 is 24.6 Å². The number of carbonyl (C=O) groups is 4. The van der Waals surface area contributed by atoms with Crippen LogP contribution >= 0.6 is 23.5 Å². The van der Waals surface area contributed by atoms with Gasteiger partial charge in [-0.25, -0.2) is 4.79 Å². The van der Waals surface area contributed by atoms with E-state index in [1.54, 1.807) is 42.3 Å². The molecule has 1 amide bonds. The van der Waals surface area contributed by atoms with Gasteiger partial charge in [0.15, 0.2) is 12.6 Å². The number of amides is 1. The summed E-state index contributed by atoms with van der Waals surface area (Å²) in [7, 11) is 4.93. The van der Waals surface area contributed by atoms with Crippen LogP contribution in [0.4, 0.5) is 0 Å². The maximum absolute atomic E-state index is 11.9. The van der Waals surface area contributed by atoms with E-state index in [4.69, 9.17) is 23.7 Å². The van der Waals surface area contributed by atoms with Crippen LogP contribution in [0.5, 0.6) is 0 Å². The van der Waals surface area contributed by atoms with E-state index in [0.717, 1.165) is 12.0 Å². The Kier molecular flexibility index (Phi) is 24.3. The van der Waals surface area contributed by atoms with Gasteiger partial charge < -0.3 is 28.6 Å². The minimum absolute atomic E-state index is 0.119. The molecule has 2 aliphatic rings. The van der Waals surface area contributed by atoms with Gasteiger partial charge >= 0.3 is 11.9 Å². The van der Waals surface area contributed by atoms with Gasteiger partial charge in [0.1, 0.15) is 18.4 Å². The molecule has 226 valence electrons. The number of likely N-dealkylation sites (N-methyl/N-ethyl adjacent to an activating group) is 1. The van der Waals surface area contributed by atoms with Crippen LogP contribution in [0.2, 0.25) is 0 Å². The van der Waals surface area contributed by atoms with Gasteiger partial charge in [-0.3, -0.25) is 14.5 Å². The fraction of sp³-hybridized carbons (Fsp3) is 0.846. The van der Waals surface area contributed by atoms with Crippen molar-refractivity contribution < 1.29 is 38.1 Å². The molecule has 0 aromatic heterocycles. The average Bonchev–Trinajstić information content (AvgIpc) is 3.39. The third kappa shape index (κ3) is 14.7. The number of hydrogen-bond acceptors (Lipinski definition) is 11. The summed E-state index contributed by atoms with van der Waals surface area (Å²) in [6, 6.07) is -0.655. The molecule has 0 spiro atoms. The van der Waals surface area contributed by atoms with Crippen LogP contribution in [-0.4, -0.2) is 102 Å². The summed E-state index contributed by atoms with van der Waals surface area (Å²) in [5.74, 6) is 0.632. The monoisotopic (exact) mass is 584 g/mol. The number of methoxy groups -OCH3 is 2.